The van der Waals surface area contributed by atoms with Gasteiger partial charge >= 0.3 is 6.01 Å². The summed E-state index contributed by atoms with van der Waals surface area (Å²) in [6, 6.07) is 17.3. The Morgan fingerprint density at radius 2 is 1.77 bits per heavy atom. The molecule has 0 aliphatic rings. The van der Waals surface area contributed by atoms with E-state index in [-0.39, 0.29) is 6.01 Å². The summed E-state index contributed by atoms with van der Waals surface area (Å²) in [5, 5.41) is 3.13. The van der Waals surface area contributed by atoms with Crippen molar-refractivity contribution in [1.82, 2.24) is 15.0 Å². The molecule has 0 saturated carbocycles. The summed E-state index contributed by atoms with van der Waals surface area (Å²) in [4.78, 5) is 12.9. The molecule has 6 heteroatoms. The topological polar surface area (TPSA) is 86.0 Å². The number of nitrogens with one attached hydrogen (secondary N) is 1. The monoisotopic (exact) mass is 293 g/mol. The van der Waals surface area contributed by atoms with Gasteiger partial charge in [0.15, 0.2) is 5.82 Å². The number of nitrogen functional groups attached to an aromatic ring is 1. The van der Waals surface area contributed by atoms with Crippen molar-refractivity contribution < 1.29 is 4.74 Å². The zero-order valence-electron chi connectivity index (χ0n) is 12.0. The van der Waals surface area contributed by atoms with E-state index in [9.17, 15) is 0 Å². The highest BCUT2D eigenvalue weighted by atomic mass is 16.5. The summed E-state index contributed by atoms with van der Waals surface area (Å²) in [6.07, 6.45) is 0. The first-order valence-corrected chi connectivity index (χ1v) is 6.72. The summed E-state index contributed by atoms with van der Waals surface area (Å²) in [5.41, 5.74) is 8.14. The number of hydrogen-bond donors (Lipinski definition) is 2. The zero-order valence-corrected chi connectivity index (χ0v) is 12.0. The van der Waals surface area contributed by atoms with Crippen LogP contribution in [0.4, 0.5) is 17.3 Å². The Bertz CT molecular complexity index is 776. The highest BCUT2D eigenvalue weighted by Gasteiger charge is 2.09. The van der Waals surface area contributed by atoms with Crippen LogP contribution in [0.2, 0.25) is 0 Å². The second-order valence-electron chi connectivity index (χ2n) is 4.59. The molecule has 0 atom stereocenters. The van der Waals surface area contributed by atoms with Crippen molar-refractivity contribution >= 4 is 17.3 Å². The van der Waals surface area contributed by atoms with E-state index < -0.39 is 0 Å². The Kier molecular flexibility index (Phi) is 3.82. The third-order valence-electron chi connectivity index (χ3n) is 2.97. The maximum atomic E-state index is 5.81. The van der Waals surface area contributed by atoms with Crippen molar-refractivity contribution in [2.24, 2.45) is 0 Å². The van der Waals surface area contributed by atoms with Gasteiger partial charge in [0.2, 0.25) is 5.95 Å². The number of ether oxygens (including phenoxy) is 1. The average molecular weight is 293 g/mol. The molecule has 0 fully saturated rings. The van der Waals surface area contributed by atoms with E-state index in [2.05, 4.69) is 20.3 Å². The van der Waals surface area contributed by atoms with Crippen molar-refractivity contribution in [3.8, 4) is 17.4 Å². The smallest absolute Gasteiger partial charge is 0.321 e. The van der Waals surface area contributed by atoms with E-state index in [1.165, 1.54) is 7.11 Å². The molecule has 1 heterocycles. The Labute approximate surface area is 128 Å². The summed E-state index contributed by atoms with van der Waals surface area (Å²) < 4.78 is 5.15. The molecule has 0 saturated heterocycles. The predicted molar refractivity (Wildman–Crippen MR) is 86.0 cm³/mol. The fraction of sp³-hybridized carbons (Fsp3) is 0.0625. The second-order valence-corrected chi connectivity index (χ2v) is 4.59. The highest BCUT2D eigenvalue weighted by Crippen LogP contribution is 2.22. The van der Waals surface area contributed by atoms with E-state index in [0.717, 1.165) is 11.3 Å². The Morgan fingerprint density at radius 1 is 0.955 bits per heavy atom. The third kappa shape index (κ3) is 3.12. The first-order valence-electron chi connectivity index (χ1n) is 6.72. The van der Waals surface area contributed by atoms with E-state index >= 15 is 0 Å². The van der Waals surface area contributed by atoms with Gasteiger partial charge in [0.05, 0.1) is 7.11 Å². The van der Waals surface area contributed by atoms with Gasteiger partial charge in [-0.25, -0.2) is 0 Å². The Hall–Kier alpha value is -3.15. The van der Waals surface area contributed by atoms with Gasteiger partial charge in [-0.1, -0.05) is 30.3 Å². The molecule has 0 aliphatic carbocycles. The minimum atomic E-state index is 0.242. The first kappa shape index (κ1) is 13.8. The summed E-state index contributed by atoms with van der Waals surface area (Å²) in [6.45, 7) is 0. The number of methoxy groups -OCH3 is 1. The number of anilines is 3. The van der Waals surface area contributed by atoms with Crippen molar-refractivity contribution in [2.75, 3.05) is 18.2 Å². The predicted octanol–water partition coefficient (Wildman–Crippen LogP) is 2.87. The number of nitrogens with two attached hydrogens (primary N) is 1. The number of hydrogen-bond acceptors (Lipinski definition) is 6. The van der Waals surface area contributed by atoms with E-state index in [1.807, 2.05) is 48.5 Å². The van der Waals surface area contributed by atoms with Gasteiger partial charge in [0.1, 0.15) is 0 Å². The van der Waals surface area contributed by atoms with E-state index in [0.29, 0.717) is 17.5 Å². The van der Waals surface area contributed by atoms with Crippen LogP contribution in [0, 0.1) is 0 Å². The van der Waals surface area contributed by atoms with E-state index in [4.69, 9.17) is 10.5 Å². The standard InChI is InChI=1S/C16H15N5O/c1-22-16-20-14(11-6-5-7-12(17)10-11)19-15(21-16)18-13-8-3-2-4-9-13/h2-10H,17H2,1H3,(H,18,19,20,21). The van der Waals surface area contributed by atoms with Crippen LogP contribution < -0.4 is 15.8 Å². The number of rotatable bonds is 4. The van der Waals surface area contributed by atoms with Gasteiger partial charge in [0, 0.05) is 16.9 Å². The molecule has 0 amide bonds. The van der Waals surface area contributed by atoms with Crippen molar-refractivity contribution in [1.29, 1.82) is 0 Å². The summed E-state index contributed by atoms with van der Waals surface area (Å²) >= 11 is 0. The Balaban J connectivity index is 1.99. The fourth-order valence-electron chi connectivity index (χ4n) is 1.96. The largest absolute Gasteiger partial charge is 0.467 e. The SMILES string of the molecule is COc1nc(Nc2ccccc2)nc(-c2cccc(N)c2)n1. The molecular weight excluding hydrogens is 278 g/mol. The molecule has 3 aromatic rings. The maximum Gasteiger partial charge on any atom is 0.321 e. The maximum absolute atomic E-state index is 5.81. The normalized spacial score (nSPS) is 10.2. The minimum Gasteiger partial charge on any atom is -0.467 e. The van der Waals surface area contributed by atoms with Gasteiger partial charge in [0.25, 0.3) is 0 Å². The molecular formula is C16H15N5O. The van der Waals surface area contributed by atoms with E-state index in [1.54, 1.807) is 6.07 Å². The van der Waals surface area contributed by atoms with Crippen LogP contribution in [0.1, 0.15) is 0 Å². The molecule has 0 bridgehead atoms. The van der Waals surface area contributed by atoms with Crippen LogP contribution in [0.15, 0.2) is 54.6 Å². The molecule has 0 radical (unpaired) electrons. The average Bonchev–Trinajstić information content (AvgIpc) is 2.55. The quantitative estimate of drug-likeness (QED) is 0.719. The second kappa shape index (κ2) is 6.09. The van der Waals surface area contributed by atoms with Crippen LogP contribution >= 0.6 is 0 Å². The fourth-order valence-corrected chi connectivity index (χ4v) is 1.96. The molecule has 110 valence electrons. The van der Waals surface area contributed by atoms with Crippen molar-refractivity contribution in [2.45, 2.75) is 0 Å². The van der Waals surface area contributed by atoms with Crippen LogP contribution in [-0.4, -0.2) is 22.1 Å². The lowest BCUT2D eigenvalue weighted by Crippen LogP contribution is -2.03. The lowest BCUT2D eigenvalue weighted by atomic mass is 10.2. The molecule has 3 rings (SSSR count). The van der Waals surface area contributed by atoms with Crippen molar-refractivity contribution in [3.05, 3.63) is 54.6 Å². The molecule has 0 aliphatic heterocycles. The molecule has 0 spiro atoms. The zero-order chi connectivity index (χ0) is 15.4. The lowest BCUT2D eigenvalue weighted by molar-refractivity contribution is 0.379. The molecule has 6 nitrogen and oxygen atoms in total. The minimum absolute atomic E-state index is 0.242. The van der Waals surface area contributed by atoms with Gasteiger partial charge < -0.3 is 15.8 Å². The summed E-state index contributed by atoms with van der Waals surface area (Å²) in [7, 11) is 1.52. The van der Waals surface area contributed by atoms with Crippen molar-refractivity contribution in [3.63, 3.8) is 0 Å². The lowest BCUT2D eigenvalue weighted by Gasteiger charge is -2.08. The van der Waals surface area contributed by atoms with Crippen LogP contribution in [0.25, 0.3) is 11.4 Å². The molecule has 1 aromatic heterocycles. The van der Waals surface area contributed by atoms with Gasteiger partial charge in [-0.15, -0.1) is 0 Å². The molecule has 2 aromatic carbocycles. The summed E-state index contributed by atoms with van der Waals surface area (Å²) in [5.74, 6) is 0.910. The van der Waals surface area contributed by atoms with Crippen LogP contribution in [0.3, 0.4) is 0 Å². The molecule has 0 unspecified atom stereocenters. The number of benzene rings is 2. The Morgan fingerprint density at radius 3 is 2.50 bits per heavy atom. The number of aromatic nitrogens is 3. The van der Waals surface area contributed by atoms with Gasteiger partial charge in [-0.05, 0) is 24.3 Å². The van der Waals surface area contributed by atoms with Crippen LogP contribution in [-0.2, 0) is 0 Å². The van der Waals surface area contributed by atoms with Gasteiger partial charge in [-0.3, -0.25) is 0 Å². The third-order valence-corrected chi connectivity index (χ3v) is 2.97. The number of para-hydroxylation sites is 1. The van der Waals surface area contributed by atoms with Crippen LogP contribution in [0.5, 0.6) is 6.01 Å². The first-order chi connectivity index (χ1) is 10.7. The molecule has 22 heavy (non-hydrogen) atoms. The highest BCUT2D eigenvalue weighted by molar-refractivity contribution is 5.63. The van der Waals surface area contributed by atoms with Gasteiger partial charge in [-0.2, -0.15) is 15.0 Å². The molecule has 3 N–H and O–H groups in total. The number of nitrogens with zero attached hydrogens (tertiary/aromatic N) is 3.